The molecule has 1 atom stereocenters. The third-order valence-corrected chi connectivity index (χ3v) is 5.51. The van der Waals surface area contributed by atoms with Gasteiger partial charge in [0.05, 0.1) is 18.8 Å². The number of allylic oxidation sites excluding steroid dienone is 1. The molecular weight excluding hydrogens is 406 g/mol. The Labute approximate surface area is 167 Å². The minimum absolute atomic E-state index is 0.0721. The van der Waals surface area contributed by atoms with E-state index in [1.54, 1.807) is 13.3 Å². The van der Waals surface area contributed by atoms with E-state index in [4.69, 9.17) is 4.74 Å². The second-order valence-corrected chi connectivity index (χ2v) is 8.77. The Balaban J connectivity index is 1.86. The Morgan fingerprint density at radius 3 is 2.67 bits per heavy atom. The smallest absolute Gasteiger partial charge is 0.163 e. The Kier molecular flexibility index (Phi) is 4.46. The molecule has 0 radical (unpaired) electrons. The van der Waals surface area contributed by atoms with Gasteiger partial charge in [0.2, 0.25) is 0 Å². The van der Waals surface area contributed by atoms with Crippen molar-refractivity contribution in [2.75, 3.05) is 17.7 Å². The molecule has 1 aromatic carbocycles. The van der Waals surface area contributed by atoms with E-state index in [0.717, 1.165) is 45.0 Å². The number of benzene rings is 1. The van der Waals surface area contributed by atoms with E-state index in [1.807, 2.05) is 30.3 Å². The zero-order chi connectivity index (χ0) is 19.2. The fraction of sp³-hybridized carbons (Fsp3) is 0.333. The van der Waals surface area contributed by atoms with Crippen molar-refractivity contribution in [3.63, 3.8) is 0 Å². The van der Waals surface area contributed by atoms with Gasteiger partial charge in [-0.3, -0.25) is 4.79 Å². The Morgan fingerprint density at radius 1 is 1.22 bits per heavy atom. The van der Waals surface area contributed by atoms with Crippen molar-refractivity contribution in [2.45, 2.75) is 32.7 Å². The number of halogens is 1. The SMILES string of the molecule is COc1ccc(C2Nc3ncc(Br)cc3NC3=C2C(=O)CC(C)(C)C3)cc1. The van der Waals surface area contributed by atoms with Gasteiger partial charge in [-0.1, -0.05) is 26.0 Å². The lowest BCUT2D eigenvalue weighted by Crippen LogP contribution is -2.31. The number of pyridine rings is 1. The van der Waals surface area contributed by atoms with E-state index < -0.39 is 0 Å². The number of anilines is 2. The van der Waals surface area contributed by atoms with Crippen LogP contribution in [0.2, 0.25) is 0 Å². The van der Waals surface area contributed by atoms with Crippen LogP contribution in [-0.2, 0) is 4.79 Å². The van der Waals surface area contributed by atoms with Gasteiger partial charge < -0.3 is 15.4 Å². The number of fused-ring (bicyclic) bond motifs is 1. The maximum absolute atomic E-state index is 13.1. The van der Waals surface area contributed by atoms with Crippen LogP contribution >= 0.6 is 15.9 Å². The number of ether oxygens (including phenoxy) is 1. The van der Waals surface area contributed by atoms with Crippen LogP contribution < -0.4 is 15.4 Å². The van der Waals surface area contributed by atoms with E-state index in [2.05, 4.69) is 45.4 Å². The first-order valence-corrected chi connectivity index (χ1v) is 9.75. The van der Waals surface area contributed by atoms with E-state index in [-0.39, 0.29) is 17.2 Å². The summed E-state index contributed by atoms with van der Waals surface area (Å²) in [7, 11) is 1.65. The molecule has 2 heterocycles. The molecule has 0 saturated heterocycles. The lowest BCUT2D eigenvalue weighted by molar-refractivity contribution is -0.118. The summed E-state index contributed by atoms with van der Waals surface area (Å²) >= 11 is 3.49. The minimum Gasteiger partial charge on any atom is -0.497 e. The average molecular weight is 428 g/mol. The van der Waals surface area contributed by atoms with Crippen molar-refractivity contribution in [3.05, 3.63) is 57.8 Å². The van der Waals surface area contributed by atoms with Crippen LogP contribution in [0.5, 0.6) is 5.75 Å². The van der Waals surface area contributed by atoms with Gasteiger partial charge in [0.15, 0.2) is 11.6 Å². The fourth-order valence-corrected chi connectivity index (χ4v) is 4.18. The maximum Gasteiger partial charge on any atom is 0.163 e. The highest BCUT2D eigenvalue weighted by molar-refractivity contribution is 9.10. The summed E-state index contributed by atoms with van der Waals surface area (Å²) in [6.45, 7) is 4.27. The number of hydrogen-bond acceptors (Lipinski definition) is 5. The van der Waals surface area contributed by atoms with Crippen molar-refractivity contribution < 1.29 is 9.53 Å². The lowest BCUT2D eigenvalue weighted by atomic mass is 9.73. The monoisotopic (exact) mass is 427 g/mol. The largest absolute Gasteiger partial charge is 0.497 e. The molecular formula is C21H22BrN3O2. The van der Waals surface area contributed by atoms with Gasteiger partial charge in [-0.25, -0.2) is 4.98 Å². The fourth-order valence-electron chi connectivity index (χ4n) is 3.85. The summed E-state index contributed by atoms with van der Waals surface area (Å²) in [4.78, 5) is 17.7. The highest BCUT2D eigenvalue weighted by Gasteiger charge is 2.38. The van der Waals surface area contributed by atoms with Crippen LogP contribution in [0.3, 0.4) is 0 Å². The summed E-state index contributed by atoms with van der Waals surface area (Å²) in [5, 5.41) is 6.97. The first-order chi connectivity index (χ1) is 12.9. The average Bonchev–Trinajstić information content (AvgIpc) is 2.76. The second kappa shape index (κ2) is 6.68. The standard InChI is InChI=1S/C21H22BrN3O2/c1-21(2)9-16-18(17(26)10-21)19(12-4-6-14(27-3)7-5-12)25-20-15(24-16)8-13(22)11-23-20/h4-8,11,19,24H,9-10H2,1-3H3,(H,23,25). The molecule has 0 amide bonds. The third kappa shape index (κ3) is 3.46. The van der Waals surface area contributed by atoms with Crippen LogP contribution in [0.15, 0.2) is 52.3 Å². The first-order valence-electron chi connectivity index (χ1n) is 8.95. The molecule has 6 heteroatoms. The number of Topliss-reactive ketones (excluding diaryl/α,β-unsaturated/α-hetero) is 1. The molecule has 1 aromatic heterocycles. The number of carbonyl (C=O) groups is 1. The summed E-state index contributed by atoms with van der Waals surface area (Å²) < 4.78 is 6.17. The quantitative estimate of drug-likeness (QED) is 0.699. The molecule has 0 fully saturated rings. The van der Waals surface area contributed by atoms with Gasteiger partial charge in [-0.05, 0) is 51.5 Å². The molecule has 0 spiro atoms. The van der Waals surface area contributed by atoms with Gasteiger partial charge in [0, 0.05) is 28.4 Å². The van der Waals surface area contributed by atoms with Gasteiger partial charge in [0.1, 0.15) is 5.75 Å². The van der Waals surface area contributed by atoms with Crippen molar-refractivity contribution in [1.82, 2.24) is 4.98 Å². The molecule has 4 rings (SSSR count). The highest BCUT2D eigenvalue weighted by atomic mass is 79.9. The van der Waals surface area contributed by atoms with Gasteiger partial charge in [0.25, 0.3) is 0 Å². The number of nitrogens with one attached hydrogen (secondary N) is 2. The molecule has 27 heavy (non-hydrogen) atoms. The molecule has 140 valence electrons. The predicted octanol–water partition coefficient (Wildman–Crippen LogP) is 5.07. The molecule has 5 nitrogen and oxygen atoms in total. The van der Waals surface area contributed by atoms with Crippen LogP contribution in [0, 0.1) is 5.41 Å². The Hall–Kier alpha value is -2.34. The lowest BCUT2D eigenvalue weighted by Gasteiger charge is -2.34. The van der Waals surface area contributed by atoms with E-state index in [0.29, 0.717) is 6.42 Å². The topological polar surface area (TPSA) is 63.2 Å². The molecule has 2 aliphatic rings. The van der Waals surface area contributed by atoms with Gasteiger partial charge >= 0.3 is 0 Å². The van der Waals surface area contributed by atoms with Gasteiger partial charge in [-0.2, -0.15) is 0 Å². The summed E-state index contributed by atoms with van der Waals surface area (Å²) in [6.07, 6.45) is 3.11. The number of rotatable bonds is 2. The zero-order valence-corrected chi connectivity index (χ0v) is 17.2. The Morgan fingerprint density at radius 2 is 1.96 bits per heavy atom. The van der Waals surface area contributed by atoms with Crippen molar-refractivity contribution in [3.8, 4) is 5.75 Å². The van der Waals surface area contributed by atoms with E-state index in [9.17, 15) is 4.79 Å². The normalized spacial score (nSPS) is 20.7. The molecule has 2 N–H and O–H groups in total. The van der Waals surface area contributed by atoms with E-state index >= 15 is 0 Å². The Bertz CT molecular complexity index is 935. The molecule has 1 aliphatic heterocycles. The second-order valence-electron chi connectivity index (χ2n) is 7.86. The van der Waals surface area contributed by atoms with Crippen molar-refractivity contribution in [2.24, 2.45) is 5.41 Å². The highest BCUT2D eigenvalue weighted by Crippen LogP contribution is 2.45. The number of ketones is 1. The van der Waals surface area contributed by atoms with E-state index in [1.165, 1.54) is 0 Å². The van der Waals surface area contributed by atoms with Crippen LogP contribution in [0.1, 0.15) is 38.3 Å². The number of methoxy groups -OCH3 is 1. The third-order valence-electron chi connectivity index (χ3n) is 5.08. The van der Waals surface area contributed by atoms with Crippen molar-refractivity contribution >= 4 is 33.2 Å². The number of aromatic nitrogens is 1. The molecule has 1 aliphatic carbocycles. The number of nitrogens with zero attached hydrogens (tertiary/aromatic N) is 1. The summed E-state index contributed by atoms with van der Waals surface area (Å²) in [5.41, 5.74) is 3.59. The number of carbonyl (C=O) groups excluding carboxylic acids is 1. The molecule has 0 bridgehead atoms. The minimum atomic E-state index is -0.253. The number of hydrogen-bond donors (Lipinski definition) is 2. The molecule has 0 saturated carbocycles. The van der Waals surface area contributed by atoms with Crippen molar-refractivity contribution in [1.29, 1.82) is 0 Å². The summed E-state index contributed by atoms with van der Waals surface area (Å²) in [5.74, 6) is 1.70. The van der Waals surface area contributed by atoms with Crippen LogP contribution in [0.4, 0.5) is 11.5 Å². The summed E-state index contributed by atoms with van der Waals surface area (Å²) in [6, 6.07) is 9.57. The van der Waals surface area contributed by atoms with Crippen LogP contribution in [-0.4, -0.2) is 17.9 Å². The molecule has 2 aromatic rings. The van der Waals surface area contributed by atoms with Crippen LogP contribution in [0.25, 0.3) is 0 Å². The maximum atomic E-state index is 13.1. The van der Waals surface area contributed by atoms with Gasteiger partial charge in [-0.15, -0.1) is 0 Å². The zero-order valence-electron chi connectivity index (χ0n) is 15.6. The molecule has 1 unspecified atom stereocenters. The predicted molar refractivity (Wildman–Crippen MR) is 110 cm³/mol. The first kappa shape index (κ1) is 18.0.